The summed E-state index contributed by atoms with van der Waals surface area (Å²) >= 11 is 0. The van der Waals surface area contributed by atoms with Crippen LogP contribution in [0.4, 0.5) is 0 Å². The third-order valence-electron chi connectivity index (χ3n) is 2.71. The molecule has 2 rings (SSSR count). The van der Waals surface area contributed by atoms with Crippen molar-refractivity contribution in [3.63, 3.8) is 0 Å². The number of hydrogen-bond donors (Lipinski definition) is 0. The Bertz CT molecular complexity index is 316. The minimum Gasteiger partial charge on any atom is -0.346 e. The van der Waals surface area contributed by atoms with Gasteiger partial charge in [0.2, 0.25) is 0 Å². The molecule has 0 unspecified atom stereocenters. The highest BCUT2D eigenvalue weighted by Crippen LogP contribution is 2.27. The van der Waals surface area contributed by atoms with Gasteiger partial charge in [-0.15, -0.1) is 0 Å². The fraction of sp³-hybridized carbons (Fsp3) is 0.538. The van der Waals surface area contributed by atoms with Crippen molar-refractivity contribution in [1.82, 2.24) is 0 Å². The van der Waals surface area contributed by atoms with Gasteiger partial charge in [0.15, 0.2) is 6.29 Å². The monoisotopic (exact) mass is 206 g/mol. The molecular formula is C13H18O2. The van der Waals surface area contributed by atoms with Crippen LogP contribution in [0.3, 0.4) is 0 Å². The highest BCUT2D eigenvalue weighted by atomic mass is 16.7. The van der Waals surface area contributed by atoms with Crippen LogP contribution >= 0.6 is 0 Å². The van der Waals surface area contributed by atoms with Gasteiger partial charge in [-0.2, -0.15) is 0 Å². The summed E-state index contributed by atoms with van der Waals surface area (Å²) in [5.74, 6) is 0.573. The average Bonchev–Trinajstić information content (AvgIpc) is 2.65. The molecule has 2 atom stereocenters. The zero-order valence-electron chi connectivity index (χ0n) is 9.57. The van der Waals surface area contributed by atoms with E-state index >= 15 is 0 Å². The molecule has 1 aromatic rings. The summed E-state index contributed by atoms with van der Waals surface area (Å²) in [6.07, 6.45) is 0.0426. The van der Waals surface area contributed by atoms with Crippen LogP contribution in [0.5, 0.6) is 0 Å². The van der Waals surface area contributed by atoms with Gasteiger partial charge in [-0.05, 0) is 18.4 Å². The summed E-state index contributed by atoms with van der Waals surface area (Å²) in [6.45, 7) is 7.11. The molecule has 1 aliphatic heterocycles. The molecule has 0 aromatic heterocycles. The maximum Gasteiger partial charge on any atom is 0.184 e. The molecule has 0 spiro atoms. The number of hydrogen-bond acceptors (Lipinski definition) is 2. The molecule has 0 aliphatic carbocycles. The van der Waals surface area contributed by atoms with Gasteiger partial charge in [0.05, 0.1) is 12.7 Å². The van der Waals surface area contributed by atoms with E-state index in [1.54, 1.807) is 0 Å². The van der Waals surface area contributed by atoms with Crippen molar-refractivity contribution in [2.24, 2.45) is 0 Å². The van der Waals surface area contributed by atoms with E-state index in [1.807, 2.05) is 6.92 Å². The van der Waals surface area contributed by atoms with Crippen LogP contribution < -0.4 is 0 Å². The molecule has 0 bridgehead atoms. The normalized spacial score (nSPS) is 26.1. The second-order valence-corrected chi connectivity index (χ2v) is 4.43. The number of rotatable bonds is 2. The molecule has 1 fully saturated rings. The van der Waals surface area contributed by atoms with E-state index in [0.717, 1.165) is 5.56 Å². The van der Waals surface area contributed by atoms with Crippen LogP contribution in [0.15, 0.2) is 24.3 Å². The Balaban J connectivity index is 2.10. The van der Waals surface area contributed by atoms with E-state index in [0.29, 0.717) is 12.5 Å². The molecular weight excluding hydrogens is 188 g/mol. The molecule has 82 valence electrons. The highest BCUT2D eigenvalue weighted by molar-refractivity contribution is 5.25. The van der Waals surface area contributed by atoms with Gasteiger partial charge in [-0.3, -0.25) is 0 Å². The maximum absolute atomic E-state index is 5.63. The molecule has 0 amide bonds. The lowest BCUT2D eigenvalue weighted by molar-refractivity contribution is -0.0572. The van der Waals surface area contributed by atoms with Crippen LogP contribution in [0.1, 0.15) is 44.1 Å². The molecule has 1 aromatic carbocycles. The SMILES string of the molecule is CC(C)c1ccc([C@@H]2OC[C@H](C)O2)cc1. The van der Waals surface area contributed by atoms with Crippen LogP contribution in [0.2, 0.25) is 0 Å². The molecule has 0 saturated carbocycles. The third-order valence-corrected chi connectivity index (χ3v) is 2.71. The first-order valence-corrected chi connectivity index (χ1v) is 5.53. The van der Waals surface area contributed by atoms with Crippen molar-refractivity contribution in [2.75, 3.05) is 6.61 Å². The molecule has 2 heteroatoms. The second-order valence-electron chi connectivity index (χ2n) is 4.43. The van der Waals surface area contributed by atoms with Crippen molar-refractivity contribution in [3.8, 4) is 0 Å². The van der Waals surface area contributed by atoms with E-state index in [1.165, 1.54) is 5.56 Å². The summed E-state index contributed by atoms with van der Waals surface area (Å²) in [4.78, 5) is 0. The van der Waals surface area contributed by atoms with Gasteiger partial charge >= 0.3 is 0 Å². The lowest BCUT2D eigenvalue weighted by Gasteiger charge is -2.11. The molecule has 0 radical (unpaired) electrons. The average molecular weight is 206 g/mol. The van der Waals surface area contributed by atoms with E-state index < -0.39 is 0 Å². The van der Waals surface area contributed by atoms with Gasteiger partial charge < -0.3 is 9.47 Å². The lowest BCUT2D eigenvalue weighted by Crippen LogP contribution is -2.02. The van der Waals surface area contributed by atoms with E-state index in [2.05, 4.69) is 38.1 Å². The molecule has 1 heterocycles. The third kappa shape index (κ3) is 2.39. The Hall–Kier alpha value is -0.860. The van der Waals surface area contributed by atoms with Crippen molar-refractivity contribution >= 4 is 0 Å². The van der Waals surface area contributed by atoms with Gasteiger partial charge in [-0.1, -0.05) is 38.1 Å². The van der Waals surface area contributed by atoms with Crippen LogP contribution in [-0.4, -0.2) is 12.7 Å². The Labute approximate surface area is 91.2 Å². The van der Waals surface area contributed by atoms with Gasteiger partial charge in [-0.25, -0.2) is 0 Å². The first-order chi connectivity index (χ1) is 7.16. The summed E-state index contributed by atoms with van der Waals surface area (Å²) in [7, 11) is 0. The fourth-order valence-electron chi connectivity index (χ4n) is 1.73. The molecule has 2 nitrogen and oxygen atoms in total. The van der Waals surface area contributed by atoms with E-state index in [9.17, 15) is 0 Å². The second kappa shape index (κ2) is 4.33. The Morgan fingerprint density at radius 1 is 1.20 bits per heavy atom. The van der Waals surface area contributed by atoms with Crippen molar-refractivity contribution in [3.05, 3.63) is 35.4 Å². The van der Waals surface area contributed by atoms with Crippen molar-refractivity contribution in [1.29, 1.82) is 0 Å². The minimum absolute atomic E-state index is 0.166. The largest absolute Gasteiger partial charge is 0.346 e. The summed E-state index contributed by atoms with van der Waals surface area (Å²) in [6, 6.07) is 8.49. The molecule has 15 heavy (non-hydrogen) atoms. The standard InChI is InChI=1S/C13H18O2/c1-9(2)11-4-6-12(7-5-11)13-14-8-10(3)15-13/h4-7,9-10,13H,8H2,1-3H3/t10-,13+/m0/s1. The Morgan fingerprint density at radius 3 is 2.33 bits per heavy atom. The van der Waals surface area contributed by atoms with Gasteiger partial charge in [0, 0.05) is 5.56 Å². The molecule has 1 saturated heterocycles. The maximum atomic E-state index is 5.63. The summed E-state index contributed by atoms with van der Waals surface area (Å²) < 4.78 is 11.2. The summed E-state index contributed by atoms with van der Waals surface area (Å²) in [5.41, 5.74) is 2.47. The first-order valence-electron chi connectivity index (χ1n) is 5.53. The fourth-order valence-corrected chi connectivity index (χ4v) is 1.73. The van der Waals surface area contributed by atoms with Gasteiger partial charge in [0.1, 0.15) is 0 Å². The molecule has 1 aliphatic rings. The Kier molecular flexibility index (Phi) is 3.08. The predicted molar refractivity (Wildman–Crippen MR) is 59.8 cm³/mol. The van der Waals surface area contributed by atoms with Crippen molar-refractivity contribution in [2.45, 2.75) is 39.1 Å². The van der Waals surface area contributed by atoms with Crippen LogP contribution in [-0.2, 0) is 9.47 Å². The Morgan fingerprint density at radius 2 is 1.87 bits per heavy atom. The predicted octanol–water partition coefficient (Wildman–Crippen LogP) is 3.24. The van der Waals surface area contributed by atoms with Crippen LogP contribution in [0.25, 0.3) is 0 Å². The smallest absolute Gasteiger partial charge is 0.184 e. The number of ether oxygens (including phenoxy) is 2. The van der Waals surface area contributed by atoms with Crippen molar-refractivity contribution < 1.29 is 9.47 Å². The number of benzene rings is 1. The first kappa shape index (κ1) is 10.7. The van der Waals surface area contributed by atoms with Gasteiger partial charge in [0.25, 0.3) is 0 Å². The quantitative estimate of drug-likeness (QED) is 0.739. The topological polar surface area (TPSA) is 18.5 Å². The summed E-state index contributed by atoms with van der Waals surface area (Å²) in [5, 5.41) is 0. The van der Waals surface area contributed by atoms with E-state index in [4.69, 9.17) is 9.47 Å². The lowest BCUT2D eigenvalue weighted by atomic mass is 10.0. The van der Waals surface area contributed by atoms with Crippen LogP contribution in [0, 0.1) is 0 Å². The zero-order valence-corrected chi connectivity index (χ0v) is 9.57. The zero-order chi connectivity index (χ0) is 10.8. The highest BCUT2D eigenvalue weighted by Gasteiger charge is 2.23. The molecule has 0 N–H and O–H groups in total. The van der Waals surface area contributed by atoms with E-state index in [-0.39, 0.29) is 12.4 Å². The minimum atomic E-state index is -0.166.